The molecule has 0 aliphatic rings. The normalized spacial score (nSPS) is 10.4. The molecular formula is C18H16N4O3. The average Bonchev–Trinajstić information content (AvgIpc) is 3.09. The smallest absolute Gasteiger partial charge is 0.255 e. The number of benzene rings is 2. The Kier molecular flexibility index (Phi) is 4.84. The SMILES string of the molecule is NC(=O)COc1ccc(Cn2cnc(C(=O)c3ccccc3)n2)cc1. The monoisotopic (exact) mass is 336 g/mol. The van der Waals surface area contributed by atoms with Gasteiger partial charge in [-0.05, 0) is 17.7 Å². The first-order valence-corrected chi connectivity index (χ1v) is 7.61. The summed E-state index contributed by atoms with van der Waals surface area (Å²) >= 11 is 0. The molecule has 0 aliphatic carbocycles. The van der Waals surface area contributed by atoms with Crippen molar-refractivity contribution in [3.8, 4) is 5.75 Å². The second kappa shape index (κ2) is 7.39. The first kappa shape index (κ1) is 16.4. The maximum atomic E-state index is 12.3. The Bertz CT molecular complexity index is 873. The van der Waals surface area contributed by atoms with Crippen LogP contribution in [0.1, 0.15) is 21.7 Å². The summed E-state index contributed by atoms with van der Waals surface area (Å²) in [7, 11) is 0. The van der Waals surface area contributed by atoms with Gasteiger partial charge >= 0.3 is 0 Å². The highest BCUT2D eigenvalue weighted by atomic mass is 16.5. The fourth-order valence-electron chi connectivity index (χ4n) is 2.23. The van der Waals surface area contributed by atoms with Crippen LogP contribution in [0.2, 0.25) is 0 Å². The van der Waals surface area contributed by atoms with Crippen LogP contribution in [-0.4, -0.2) is 33.1 Å². The topological polar surface area (TPSA) is 100 Å². The summed E-state index contributed by atoms with van der Waals surface area (Å²) in [5.41, 5.74) is 6.54. The lowest BCUT2D eigenvalue weighted by molar-refractivity contribution is -0.119. The van der Waals surface area contributed by atoms with Gasteiger partial charge in [0.1, 0.15) is 12.1 Å². The molecule has 3 aromatic rings. The van der Waals surface area contributed by atoms with Crippen LogP contribution in [-0.2, 0) is 11.3 Å². The van der Waals surface area contributed by atoms with E-state index in [1.165, 1.54) is 6.33 Å². The number of nitrogens with two attached hydrogens (primary N) is 1. The minimum absolute atomic E-state index is 0.159. The van der Waals surface area contributed by atoms with Crippen molar-refractivity contribution in [1.29, 1.82) is 0 Å². The van der Waals surface area contributed by atoms with Gasteiger partial charge in [0.2, 0.25) is 11.6 Å². The molecule has 7 nitrogen and oxygen atoms in total. The summed E-state index contributed by atoms with van der Waals surface area (Å²) < 4.78 is 6.80. The Morgan fingerprint density at radius 1 is 1.04 bits per heavy atom. The highest BCUT2D eigenvalue weighted by Gasteiger charge is 2.13. The summed E-state index contributed by atoms with van der Waals surface area (Å²) in [5, 5.41) is 4.23. The lowest BCUT2D eigenvalue weighted by atomic mass is 10.1. The fourth-order valence-corrected chi connectivity index (χ4v) is 2.23. The van der Waals surface area contributed by atoms with Crippen LogP contribution in [0.4, 0.5) is 0 Å². The molecule has 0 aliphatic heterocycles. The highest BCUT2D eigenvalue weighted by molar-refractivity contribution is 6.06. The van der Waals surface area contributed by atoms with Crippen molar-refractivity contribution in [2.75, 3.05) is 6.61 Å². The predicted octanol–water partition coefficient (Wildman–Crippen LogP) is 1.42. The number of rotatable bonds is 7. The van der Waals surface area contributed by atoms with Crippen molar-refractivity contribution in [3.63, 3.8) is 0 Å². The van der Waals surface area contributed by atoms with Crippen molar-refractivity contribution in [2.24, 2.45) is 5.73 Å². The van der Waals surface area contributed by atoms with Gasteiger partial charge in [-0.15, -0.1) is 5.10 Å². The van der Waals surface area contributed by atoms with Gasteiger partial charge in [-0.25, -0.2) is 9.67 Å². The molecule has 0 atom stereocenters. The summed E-state index contributed by atoms with van der Waals surface area (Å²) in [6.07, 6.45) is 1.52. The number of primary amides is 1. The number of aromatic nitrogens is 3. The number of amides is 1. The number of hydrogen-bond acceptors (Lipinski definition) is 5. The second-order valence-electron chi connectivity index (χ2n) is 5.36. The number of hydrogen-bond donors (Lipinski definition) is 1. The maximum Gasteiger partial charge on any atom is 0.255 e. The number of nitrogens with zero attached hydrogens (tertiary/aromatic N) is 3. The highest BCUT2D eigenvalue weighted by Crippen LogP contribution is 2.13. The molecular weight excluding hydrogens is 320 g/mol. The van der Waals surface area contributed by atoms with Crippen LogP contribution in [0, 0.1) is 0 Å². The summed E-state index contributed by atoms with van der Waals surface area (Å²) in [6, 6.07) is 16.1. The molecule has 0 spiro atoms. The molecule has 3 rings (SSSR count). The molecule has 0 bridgehead atoms. The fraction of sp³-hybridized carbons (Fsp3) is 0.111. The third-order valence-corrected chi connectivity index (χ3v) is 3.42. The minimum Gasteiger partial charge on any atom is -0.484 e. The van der Waals surface area contributed by atoms with Gasteiger partial charge in [0.15, 0.2) is 6.61 Å². The van der Waals surface area contributed by atoms with Crippen molar-refractivity contribution in [3.05, 3.63) is 77.9 Å². The number of carbonyl (C=O) groups is 2. The maximum absolute atomic E-state index is 12.3. The van der Waals surface area contributed by atoms with Gasteiger partial charge in [0, 0.05) is 5.56 Å². The molecule has 0 fully saturated rings. The molecule has 25 heavy (non-hydrogen) atoms. The van der Waals surface area contributed by atoms with Crippen LogP contribution in [0.5, 0.6) is 5.75 Å². The van der Waals surface area contributed by atoms with Crippen molar-refractivity contribution in [2.45, 2.75) is 6.54 Å². The van der Waals surface area contributed by atoms with Gasteiger partial charge in [0.05, 0.1) is 6.54 Å². The van der Waals surface area contributed by atoms with Gasteiger partial charge in [0.25, 0.3) is 5.91 Å². The Labute approximate surface area is 144 Å². The molecule has 1 amide bonds. The van der Waals surface area contributed by atoms with E-state index in [0.29, 0.717) is 17.9 Å². The summed E-state index contributed by atoms with van der Waals surface area (Å²) in [4.78, 5) is 27.1. The van der Waals surface area contributed by atoms with E-state index in [0.717, 1.165) is 5.56 Å². The first-order chi connectivity index (χ1) is 12.1. The van der Waals surface area contributed by atoms with Crippen LogP contribution >= 0.6 is 0 Å². The number of ether oxygens (including phenoxy) is 1. The third kappa shape index (κ3) is 4.29. The van der Waals surface area contributed by atoms with E-state index in [-0.39, 0.29) is 18.2 Å². The van der Waals surface area contributed by atoms with Crippen molar-refractivity contribution in [1.82, 2.24) is 14.8 Å². The van der Waals surface area contributed by atoms with Crippen LogP contribution in [0.25, 0.3) is 0 Å². The molecule has 2 aromatic carbocycles. The number of carbonyl (C=O) groups excluding carboxylic acids is 2. The zero-order chi connectivity index (χ0) is 17.6. The van der Waals surface area contributed by atoms with E-state index in [9.17, 15) is 9.59 Å². The molecule has 7 heteroatoms. The van der Waals surface area contributed by atoms with E-state index in [1.807, 2.05) is 18.2 Å². The lowest BCUT2D eigenvalue weighted by Crippen LogP contribution is -2.19. The molecule has 2 N–H and O–H groups in total. The quantitative estimate of drug-likeness (QED) is 0.658. The summed E-state index contributed by atoms with van der Waals surface area (Å²) in [5.74, 6) is -0.0226. The second-order valence-corrected chi connectivity index (χ2v) is 5.36. The Balaban J connectivity index is 1.65. The average molecular weight is 336 g/mol. The Morgan fingerprint density at radius 3 is 2.44 bits per heavy atom. The Hall–Kier alpha value is -3.48. The van der Waals surface area contributed by atoms with Crippen molar-refractivity contribution < 1.29 is 14.3 Å². The van der Waals surface area contributed by atoms with E-state index >= 15 is 0 Å². The van der Waals surface area contributed by atoms with Crippen LogP contribution in [0.15, 0.2) is 60.9 Å². The minimum atomic E-state index is -0.526. The van der Waals surface area contributed by atoms with Gasteiger partial charge in [-0.3, -0.25) is 9.59 Å². The molecule has 0 saturated heterocycles. The Morgan fingerprint density at radius 2 is 1.76 bits per heavy atom. The van der Waals surface area contributed by atoms with Crippen LogP contribution < -0.4 is 10.5 Å². The summed E-state index contributed by atoms with van der Waals surface area (Å²) in [6.45, 7) is 0.304. The molecule has 0 unspecified atom stereocenters. The van der Waals surface area contributed by atoms with E-state index in [2.05, 4.69) is 10.1 Å². The van der Waals surface area contributed by atoms with Gasteiger partial charge < -0.3 is 10.5 Å². The van der Waals surface area contributed by atoms with Crippen LogP contribution in [0.3, 0.4) is 0 Å². The molecule has 1 aromatic heterocycles. The molecule has 0 radical (unpaired) electrons. The van der Waals surface area contributed by atoms with Gasteiger partial charge in [-0.2, -0.15) is 0 Å². The lowest BCUT2D eigenvalue weighted by Gasteiger charge is -2.05. The van der Waals surface area contributed by atoms with Gasteiger partial charge in [-0.1, -0.05) is 42.5 Å². The standard InChI is InChI=1S/C18H16N4O3/c19-16(23)11-25-15-8-6-13(7-9-15)10-22-12-20-18(21-22)17(24)14-4-2-1-3-5-14/h1-9,12H,10-11H2,(H2,19,23). The largest absolute Gasteiger partial charge is 0.484 e. The zero-order valence-electron chi connectivity index (χ0n) is 13.3. The third-order valence-electron chi connectivity index (χ3n) is 3.42. The number of ketones is 1. The van der Waals surface area contributed by atoms with E-state index in [4.69, 9.17) is 10.5 Å². The zero-order valence-corrected chi connectivity index (χ0v) is 13.3. The van der Waals surface area contributed by atoms with E-state index < -0.39 is 5.91 Å². The predicted molar refractivity (Wildman–Crippen MR) is 90.1 cm³/mol. The van der Waals surface area contributed by atoms with Crippen molar-refractivity contribution >= 4 is 11.7 Å². The van der Waals surface area contributed by atoms with E-state index in [1.54, 1.807) is 41.1 Å². The molecule has 126 valence electrons. The molecule has 0 saturated carbocycles. The first-order valence-electron chi connectivity index (χ1n) is 7.61. The molecule has 1 heterocycles.